The van der Waals surface area contributed by atoms with Gasteiger partial charge in [-0.25, -0.2) is 13.7 Å². The van der Waals surface area contributed by atoms with Crippen LogP contribution >= 0.6 is 11.9 Å². The van der Waals surface area contributed by atoms with E-state index in [1.54, 1.807) is 31.7 Å². The van der Waals surface area contributed by atoms with Gasteiger partial charge in [0.1, 0.15) is 17.4 Å². The maximum absolute atomic E-state index is 13.0. The summed E-state index contributed by atoms with van der Waals surface area (Å²) >= 11 is 1.86. The quantitative estimate of drug-likeness (QED) is 0.401. The normalized spacial score (nSPS) is 14.2. The molecule has 0 aliphatic carbocycles. The van der Waals surface area contributed by atoms with Gasteiger partial charge in [-0.15, -0.1) is 0 Å². The Morgan fingerprint density at radius 2 is 1.94 bits per heavy atom. The van der Waals surface area contributed by atoms with Crippen LogP contribution in [0.4, 0.5) is 21.6 Å². The predicted octanol–water partition coefficient (Wildman–Crippen LogP) is 4.53. The number of hydrogen-bond donors (Lipinski definition) is 1. The van der Waals surface area contributed by atoms with Crippen molar-refractivity contribution >= 4 is 35.4 Å². The number of aliphatic imine (C=N–C) groups is 1. The second kappa shape index (κ2) is 10.0. The Hall–Kier alpha value is -3.10. The molecular formula is C24H26FN5OS. The summed E-state index contributed by atoms with van der Waals surface area (Å²) in [5.41, 5.74) is 9.48. The number of methoxy groups -OCH3 is 1. The van der Waals surface area contributed by atoms with Crippen molar-refractivity contribution in [3.05, 3.63) is 77.7 Å². The third-order valence-corrected chi connectivity index (χ3v) is 6.28. The van der Waals surface area contributed by atoms with Crippen LogP contribution in [0.5, 0.6) is 5.75 Å². The van der Waals surface area contributed by atoms with E-state index in [9.17, 15) is 4.39 Å². The number of pyridine rings is 1. The molecule has 0 radical (unpaired) electrons. The molecule has 2 aromatic carbocycles. The van der Waals surface area contributed by atoms with Crippen molar-refractivity contribution in [2.45, 2.75) is 11.8 Å². The van der Waals surface area contributed by atoms with Gasteiger partial charge in [0.25, 0.3) is 0 Å². The van der Waals surface area contributed by atoms with Gasteiger partial charge in [0, 0.05) is 49.4 Å². The molecule has 0 amide bonds. The Kier molecular flexibility index (Phi) is 6.92. The van der Waals surface area contributed by atoms with Crippen molar-refractivity contribution < 1.29 is 9.13 Å². The standard InChI is InChI=1S/C24H26FN5OS/c1-29(14-17-3-9-21(31-2)10-4-17)32-22-15-30(16-22)24-11-23(26)18(13-28-24)12-27-20-7-5-19(25)6-8-20/h3-13,22H,14-16H2,1-2H3,(H2,26,28). The Balaban J connectivity index is 1.27. The predicted molar refractivity (Wildman–Crippen MR) is 130 cm³/mol. The smallest absolute Gasteiger partial charge is 0.130 e. The monoisotopic (exact) mass is 451 g/mol. The maximum Gasteiger partial charge on any atom is 0.130 e. The van der Waals surface area contributed by atoms with Crippen molar-refractivity contribution in [1.29, 1.82) is 0 Å². The molecule has 1 aromatic heterocycles. The molecule has 3 aromatic rings. The number of aromatic nitrogens is 1. The summed E-state index contributed by atoms with van der Waals surface area (Å²) in [6.45, 7) is 2.72. The van der Waals surface area contributed by atoms with E-state index < -0.39 is 0 Å². The van der Waals surface area contributed by atoms with Gasteiger partial charge < -0.3 is 15.4 Å². The third-order valence-electron chi connectivity index (χ3n) is 5.20. The van der Waals surface area contributed by atoms with Gasteiger partial charge in [-0.05, 0) is 49.0 Å². The zero-order valence-corrected chi connectivity index (χ0v) is 18.9. The fourth-order valence-electron chi connectivity index (χ4n) is 3.39. The lowest BCUT2D eigenvalue weighted by Crippen LogP contribution is -2.50. The highest BCUT2D eigenvalue weighted by Crippen LogP contribution is 2.30. The highest BCUT2D eigenvalue weighted by atomic mass is 32.2. The van der Waals surface area contributed by atoms with Crippen LogP contribution < -0.4 is 15.4 Å². The molecule has 0 unspecified atom stereocenters. The minimum atomic E-state index is -0.285. The Morgan fingerprint density at radius 3 is 2.59 bits per heavy atom. The molecule has 32 heavy (non-hydrogen) atoms. The molecule has 2 N–H and O–H groups in total. The third kappa shape index (κ3) is 5.57. The van der Waals surface area contributed by atoms with Crippen LogP contribution in [0, 0.1) is 5.82 Å². The van der Waals surface area contributed by atoms with Crippen molar-refractivity contribution in [3.63, 3.8) is 0 Å². The molecule has 0 bridgehead atoms. The molecule has 1 aliphatic rings. The molecule has 1 saturated heterocycles. The summed E-state index contributed by atoms with van der Waals surface area (Å²) in [7, 11) is 3.79. The largest absolute Gasteiger partial charge is 0.497 e. The lowest BCUT2D eigenvalue weighted by molar-refractivity contribution is 0.414. The topological polar surface area (TPSA) is 67.0 Å². The summed E-state index contributed by atoms with van der Waals surface area (Å²) < 4.78 is 20.5. The first kappa shape index (κ1) is 22.1. The molecule has 166 valence electrons. The number of rotatable bonds is 8. The van der Waals surface area contributed by atoms with Crippen molar-refractivity contribution in [3.8, 4) is 5.75 Å². The summed E-state index contributed by atoms with van der Waals surface area (Å²) in [6, 6.07) is 16.0. The average molecular weight is 452 g/mol. The van der Waals surface area contributed by atoms with Crippen molar-refractivity contribution in [2.75, 3.05) is 37.9 Å². The molecule has 1 fully saturated rings. The second-order valence-electron chi connectivity index (χ2n) is 7.67. The first-order valence-electron chi connectivity index (χ1n) is 10.3. The first-order chi connectivity index (χ1) is 15.5. The van der Waals surface area contributed by atoms with Gasteiger partial charge in [-0.2, -0.15) is 0 Å². The zero-order chi connectivity index (χ0) is 22.5. The van der Waals surface area contributed by atoms with Crippen LogP contribution in [0.3, 0.4) is 0 Å². The molecule has 6 nitrogen and oxygen atoms in total. The lowest BCUT2D eigenvalue weighted by Gasteiger charge is -2.41. The Labute approximate surface area is 192 Å². The van der Waals surface area contributed by atoms with Gasteiger partial charge >= 0.3 is 0 Å². The van der Waals surface area contributed by atoms with Crippen molar-refractivity contribution in [2.24, 2.45) is 4.99 Å². The number of ether oxygens (including phenoxy) is 1. The molecule has 0 spiro atoms. The summed E-state index contributed by atoms with van der Waals surface area (Å²) in [5, 5.41) is 0.515. The van der Waals surface area contributed by atoms with Crippen LogP contribution in [0.1, 0.15) is 11.1 Å². The van der Waals surface area contributed by atoms with Crippen molar-refractivity contribution in [1.82, 2.24) is 9.29 Å². The van der Waals surface area contributed by atoms with E-state index in [0.717, 1.165) is 36.8 Å². The molecular weight excluding hydrogens is 425 g/mol. The average Bonchev–Trinajstić information content (AvgIpc) is 2.77. The van der Waals surface area contributed by atoms with Gasteiger partial charge in [0.2, 0.25) is 0 Å². The van der Waals surface area contributed by atoms with Crippen LogP contribution in [-0.4, -0.2) is 48.0 Å². The van der Waals surface area contributed by atoms with E-state index in [1.807, 2.05) is 30.1 Å². The number of benzene rings is 2. The molecule has 0 atom stereocenters. The Bertz CT molecular complexity index is 1070. The number of nitrogen functional groups attached to an aromatic ring is 1. The number of nitrogens with zero attached hydrogens (tertiary/aromatic N) is 4. The van der Waals surface area contributed by atoms with E-state index in [1.165, 1.54) is 17.7 Å². The molecule has 0 saturated carbocycles. The minimum absolute atomic E-state index is 0.285. The highest BCUT2D eigenvalue weighted by Gasteiger charge is 2.29. The Morgan fingerprint density at radius 1 is 1.22 bits per heavy atom. The van der Waals surface area contributed by atoms with Gasteiger partial charge in [0.15, 0.2) is 0 Å². The van der Waals surface area contributed by atoms with Crippen LogP contribution in [0.25, 0.3) is 0 Å². The first-order valence-corrected chi connectivity index (χ1v) is 11.1. The molecule has 8 heteroatoms. The molecule has 2 heterocycles. The SMILES string of the molecule is COc1ccc(CN(C)SC2CN(c3cc(N)c(C=Nc4ccc(F)cc4)cn3)C2)cc1. The number of hydrogen-bond acceptors (Lipinski definition) is 7. The number of anilines is 2. The molecule has 4 rings (SSSR count). The lowest BCUT2D eigenvalue weighted by atomic mass is 10.2. The van der Waals surface area contributed by atoms with Gasteiger partial charge in [-0.1, -0.05) is 24.1 Å². The fraction of sp³-hybridized carbons (Fsp3) is 0.250. The van der Waals surface area contributed by atoms with Crippen LogP contribution in [-0.2, 0) is 6.54 Å². The van der Waals surface area contributed by atoms with Crippen LogP contribution in [0.2, 0.25) is 0 Å². The second-order valence-corrected chi connectivity index (χ2v) is 9.17. The number of nitrogens with two attached hydrogens (primary N) is 1. The van der Waals surface area contributed by atoms with E-state index in [4.69, 9.17) is 10.5 Å². The fourth-order valence-corrected chi connectivity index (χ4v) is 4.62. The summed E-state index contributed by atoms with van der Waals surface area (Å²) in [4.78, 5) is 11.1. The van der Waals surface area contributed by atoms with Gasteiger partial charge in [-0.3, -0.25) is 4.99 Å². The van der Waals surface area contributed by atoms with E-state index in [-0.39, 0.29) is 5.82 Å². The van der Waals surface area contributed by atoms with E-state index in [0.29, 0.717) is 16.6 Å². The van der Waals surface area contributed by atoms with E-state index >= 15 is 0 Å². The highest BCUT2D eigenvalue weighted by molar-refractivity contribution is 7.97. The van der Waals surface area contributed by atoms with Gasteiger partial charge in [0.05, 0.1) is 18.0 Å². The zero-order valence-electron chi connectivity index (χ0n) is 18.1. The minimum Gasteiger partial charge on any atom is -0.497 e. The number of halogens is 1. The summed E-state index contributed by atoms with van der Waals surface area (Å²) in [6.07, 6.45) is 3.39. The van der Waals surface area contributed by atoms with E-state index in [2.05, 4.69) is 38.4 Å². The molecule has 1 aliphatic heterocycles. The van der Waals surface area contributed by atoms with Crippen LogP contribution in [0.15, 0.2) is 65.8 Å². The maximum atomic E-state index is 13.0. The summed E-state index contributed by atoms with van der Waals surface area (Å²) in [5.74, 6) is 1.46.